The first kappa shape index (κ1) is 21.6. The van der Waals surface area contributed by atoms with Crippen LogP contribution in [0.5, 0.6) is 0 Å². The first-order valence-corrected chi connectivity index (χ1v) is 9.33. The van der Waals surface area contributed by atoms with E-state index in [0.717, 1.165) is 31.7 Å². The van der Waals surface area contributed by atoms with Crippen LogP contribution in [0.15, 0.2) is 18.2 Å². The standard InChI is InChI=1S/C18H22ClN3O6/c1-11-4-2-3-5-14(11)21-16(23)10-28-17(24)9-20-18(25)12-6-7-13(19)15(8-12)22(26)27/h6-8,11,14H,2-5,9-10H2,1H3,(H,20,25)(H,21,23)/t11-,14+/m0/s1. The maximum absolute atomic E-state index is 12.0. The first-order chi connectivity index (χ1) is 13.3. The summed E-state index contributed by atoms with van der Waals surface area (Å²) in [6, 6.07) is 3.63. The van der Waals surface area contributed by atoms with Gasteiger partial charge in [-0.2, -0.15) is 0 Å². The first-order valence-electron chi connectivity index (χ1n) is 8.95. The number of hydrogen-bond acceptors (Lipinski definition) is 6. The lowest BCUT2D eigenvalue weighted by atomic mass is 9.86. The van der Waals surface area contributed by atoms with Crippen LogP contribution in [0.3, 0.4) is 0 Å². The average Bonchev–Trinajstić information content (AvgIpc) is 2.66. The highest BCUT2D eigenvalue weighted by molar-refractivity contribution is 6.32. The molecule has 0 aromatic heterocycles. The number of nitrogens with zero attached hydrogens (tertiary/aromatic N) is 1. The van der Waals surface area contributed by atoms with Gasteiger partial charge in [-0.15, -0.1) is 0 Å². The monoisotopic (exact) mass is 411 g/mol. The minimum Gasteiger partial charge on any atom is -0.454 e. The van der Waals surface area contributed by atoms with Crippen molar-refractivity contribution in [1.82, 2.24) is 10.6 Å². The van der Waals surface area contributed by atoms with E-state index in [4.69, 9.17) is 16.3 Å². The highest BCUT2D eigenvalue weighted by Crippen LogP contribution is 2.25. The predicted molar refractivity (Wildman–Crippen MR) is 101 cm³/mol. The number of amides is 2. The second-order valence-corrected chi connectivity index (χ2v) is 7.11. The van der Waals surface area contributed by atoms with Crippen LogP contribution in [0.4, 0.5) is 5.69 Å². The second kappa shape index (κ2) is 10.0. The Bertz CT molecular complexity index is 770. The molecule has 0 saturated heterocycles. The fourth-order valence-electron chi connectivity index (χ4n) is 3.02. The summed E-state index contributed by atoms with van der Waals surface area (Å²) in [5.74, 6) is -1.48. The predicted octanol–water partition coefficient (Wildman–Crippen LogP) is 2.22. The fourth-order valence-corrected chi connectivity index (χ4v) is 3.21. The molecule has 9 nitrogen and oxygen atoms in total. The molecular formula is C18H22ClN3O6. The van der Waals surface area contributed by atoms with Gasteiger partial charge < -0.3 is 15.4 Å². The molecule has 1 aliphatic rings. The van der Waals surface area contributed by atoms with Crippen LogP contribution in [0.25, 0.3) is 0 Å². The summed E-state index contributed by atoms with van der Waals surface area (Å²) in [6.45, 7) is 1.18. The van der Waals surface area contributed by atoms with E-state index in [1.807, 2.05) is 0 Å². The van der Waals surface area contributed by atoms with Gasteiger partial charge >= 0.3 is 5.97 Å². The summed E-state index contributed by atoms with van der Waals surface area (Å²) in [5, 5.41) is 15.9. The Morgan fingerprint density at radius 2 is 2.00 bits per heavy atom. The molecule has 2 rings (SSSR count). The molecule has 0 heterocycles. The molecule has 28 heavy (non-hydrogen) atoms. The molecule has 2 atom stereocenters. The molecule has 10 heteroatoms. The zero-order valence-electron chi connectivity index (χ0n) is 15.4. The van der Waals surface area contributed by atoms with Gasteiger partial charge in [0.2, 0.25) is 0 Å². The molecule has 1 aliphatic carbocycles. The number of nitro benzene ring substituents is 1. The van der Waals surface area contributed by atoms with E-state index in [1.165, 1.54) is 12.1 Å². The minimum atomic E-state index is -0.788. The molecule has 0 radical (unpaired) electrons. The molecule has 0 spiro atoms. The molecule has 1 aromatic rings. The Labute approximate surface area is 166 Å². The number of ether oxygens (including phenoxy) is 1. The van der Waals surface area contributed by atoms with Crippen LogP contribution in [0.1, 0.15) is 43.0 Å². The molecule has 1 fully saturated rings. The molecule has 1 aromatic carbocycles. The van der Waals surface area contributed by atoms with Gasteiger partial charge in [-0.3, -0.25) is 24.5 Å². The minimum absolute atomic E-state index is 0.0204. The lowest BCUT2D eigenvalue weighted by Gasteiger charge is -2.29. The largest absolute Gasteiger partial charge is 0.454 e. The summed E-state index contributed by atoms with van der Waals surface area (Å²) in [6.07, 6.45) is 4.17. The van der Waals surface area contributed by atoms with Crippen molar-refractivity contribution in [2.45, 2.75) is 38.6 Å². The van der Waals surface area contributed by atoms with E-state index in [-0.39, 0.29) is 22.5 Å². The topological polar surface area (TPSA) is 128 Å². The van der Waals surface area contributed by atoms with Crippen molar-refractivity contribution in [1.29, 1.82) is 0 Å². The molecule has 2 N–H and O–H groups in total. The number of carbonyl (C=O) groups is 3. The van der Waals surface area contributed by atoms with Gasteiger partial charge in [0.1, 0.15) is 11.6 Å². The lowest BCUT2D eigenvalue weighted by molar-refractivity contribution is -0.384. The van der Waals surface area contributed by atoms with Crippen molar-refractivity contribution in [3.8, 4) is 0 Å². The third-order valence-corrected chi connectivity index (χ3v) is 4.94. The van der Waals surface area contributed by atoms with Gasteiger partial charge in [0.25, 0.3) is 17.5 Å². The summed E-state index contributed by atoms with van der Waals surface area (Å²) >= 11 is 5.69. The highest BCUT2D eigenvalue weighted by Gasteiger charge is 2.23. The van der Waals surface area contributed by atoms with E-state index in [9.17, 15) is 24.5 Å². The molecular weight excluding hydrogens is 390 g/mol. The molecule has 0 aliphatic heterocycles. The summed E-state index contributed by atoms with van der Waals surface area (Å²) in [5.41, 5.74) is -0.432. The SMILES string of the molecule is C[C@H]1CCCC[C@H]1NC(=O)COC(=O)CNC(=O)c1ccc(Cl)c([N+](=O)[O-])c1. The lowest BCUT2D eigenvalue weighted by Crippen LogP contribution is -2.43. The third-order valence-electron chi connectivity index (χ3n) is 4.62. The third kappa shape index (κ3) is 6.19. The van der Waals surface area contributed by atoms with Crippen LogP contribution in [0, 0.1) is 16.0 Å². The number of benzene rings is 1. The Hall–Kier alpha value is -2.68. The van der Waals surface area contributed by atoms with E-state index in [2.05, 4.69) is 17.6 Å². The fraction of sp³-hybridized carbons (Fsp3) is 0.500. The smallest absolute Gasteiger partial charge is 0.325 e. The van der Waals surface area contributed by atoms with Gasteiger partial charge in [0.05, 0.1) is 4.92 Å². The van der Waals surface area contributed by atoms with Crippen LogP contribution < -0.4 is 10.6 Å². The molecule has 0 bridgehead atoms. The number of esters is 1. The van der Waals surface area contributed by atoms with Crippen molar-refractivity contribution in [3.05, 3.63) is 38.9 Å². The van der Waals surface area contributed by atoms with Crippen molar-refractivity contribution >= 4 is 35.1 Å². The van der Waals surface area contributed by atoms with Crippen LogP contribution in [-0.4, -0.2) is 41.9 Å². The van der Waals surface area contributed by atoms with Gasteiger partial charge in [0, 0.05) is 17.7 Å². The summed E-state index contributed by atoms with van der Waals surface area (Å²) in [7, 11) is 0. The molecule has 152 valence electrons. The Morgan fingerprint density at radius 3 is 2.68 bits per heavy atom. The second-order valence-electron chi connectivity index (χ2n) is 6.70. The Balaban J connectivity index is 1.76. The van der Waals surface area contributed by atoms with Crippen LogP contribution in [0.2, 0.25) is 5.02 Å². The normalized spacial score (nSPS) is 18.8. The summed E-state index contributed by atoms with van der Waals surface area (Å²) in [4.78, 5) is 45.8. The number of rotatable bonds is 7. The van der Waals surface area contributed by atoms with Gasteiger partial charge in [-0.25, -0.2) is 0 Å². The maximum Gasteiger partial charge on any atom is 0.325 e. The van der Waals surface area contributed by atoms with Crippen molar-refractivity contribution in [3.63, 3.8) is 0 Å². The molecule has 1 saturated carbocycles. The Morgan fingerprint density at radius 1 is 1.29 bits per heavy atom. The average molecular weight is 412 g/mol. The van der Waals surface area contributed by atoms with Crippen LogP contribution >= 0.6 is 11.6 Å². The number of nitro groups is 1. The number of halogens is 1. The zero-order chi connectivity index (χ0) is 20.7. The molecule has 2 amide bonds. The zero-order valence-corrected chi connectivity index (χ0v) is 16.2. The number of carbonyl (C=O) groups excluding carboxylic acids is 3. The number of nitrogens with one attached hydrogen (secondary N) is 2. The highest BCUT2D eigenvalue weighted by atomic mass is 35.5. The van der Waals surface area contributed by atoms with Gasteiger partial charge in [-0.1, -0.05) is 31.4 Å². The van der Waals surface area contributed by atoms with Crippen molar-refractivity contribution in [2.75, 3.05) is 13.2 Å². The van der Waals surface area contributed by atoms with E-state index in [0.29, 0.717) is 5.92 Å². The van der Waals surface area contributed by atoms with Gasteiger partial charge in [0.15, 0.2) is 6.61 Å². The summed E-state index contributed by atoms with van der Waals surface area (Å²) < 4.78 is 4.85. The molecule has 0 unspecified atom stereocenters. The van der Waals surface area contributed by atoms with Crippen molar-refractivity contribution in [2.24, 2.45) is 5.92 Å². The quantitative estimate of drug-likeness (QED) is 0.402. The van der Waals surface area contributed by atoms with Crippen molar-refractivity contribution < 1.29 is 24.0 Å². The van der Waals surface area contributed by atoms with Gasteiger partial charge in [-0.05, 0) is 30.9 Å². The Kier molecular flexibility index (Phi) is 7.74. The van der Waals surface area contributed by atoms with E-state index < -0.39 is 35.6 Å². The van der Waals surface area contributed by atoms with E-state index >= 15 is 0 Å². The number of hydrogen-bond donors (Lipinski definition) is 2. The maximum atomic E-state index is 12.0. The van der Waals surface area contributed by atoms with E-state index in [1.54, 1.807) is 0 Å². The van der Waals surface area contributed by atoms with Crippen LogP contribution in [-0.2, 0) is 14.3 Å².